The maximum Gasteiger partial charge on any atom is 0.191 e. The summed E-state index contributed by atoms with van der Waals surface area (Å²) in [6, 6.07) is 12.2. The van der Waals surface area contributed by atoms with E-state index < -0.39 is 0 Å². The zero-order valence-electron chi connectivity index (χ0n) is 18.2. The van der Waals surface area contributed by atoms with Gasteiger partial charge in [0, 0.05) is 38.3 Å². The van der Waals surface area contributed by atoms with Gasteiger partial charge in [-0.15, -0.1) is 10.2 Å². The summed E-state index contributed by atoms with van der Waals surface area (Å²) >= 11 is 0. The zero-order chi connectivity index (χ0) is 21.2. The Kier molecular flexibility index (Phi) is 8.06. The van der Waals surface area contributed by atoms with Crippen molar-refractivity contribution in [3.8, 4) is 5.75 Å². The number of rotatable bonds is 10. The van der Waals surface area contributed by atoms with Crippen molar-refractivity contribution in [3.05, 3.63) is 59.5 Å². The number of ether oxygens (including phenoxy) is 1. The fraction of sp³-hybridized carbons (Fsp3) is 0.435. The number of fused-ring (bicyclic) bond motifs is 1. The number of unbranched alkanes of at least 4 members (excludes halogenated alkanes) is 2. The van der Waals surface area contributed by atoms with Crippen LogP contribution in [0.5, 0.6) is 5.75 Å². The number of pyridine rings is 1. The van der Waals surface area contributed by atoms with E-state index in [-0.39, 0.29) is 0 Å². The highest BCUT2D eigenvalue weighted by Crippen LogP contribution is 2.20. The molecule has 0 radical (unpaired) electrons. The predicted octanol–water partition coefficient (Wildman–Crippen LogP) is 3.51. The zero-order valence-corrected chi connectivity index (χ0v) is 18.2. The third kappa shape index (κ3) is 5.95. The van der Waals surface area contributed by atoms with Crippen LogP contribution in [-0.2, 0) is 13.0 Å². The van der Waals surface area contributed by atoms with Gasteiger partial charge in [-0.2, -0.15) is 0 Å². The molecule has 1 aromatic carbocycles. The highest BCUT2D eigenvalue weighted by Gasteiger charge is 2.07. The van der Waals surface area contributed by atoms with E-state index in [1.807, 2.05) is 28.8 Å². The molecule has 0 aliphatic heterocycles. The van der Waals surface area contributed by atoms with Crippen LogP contribution in [0, 0.1) is 6.92 Å². The second-order valence-corrected chi connectivity index (χ2v) is 7.31. The van der Waals surface area contributed by atoms with Crippen molar-refractivity contribution < 1.29 is 4.74 Å². The van der Waals surface area contributed by atoms with Gasteiger partial charge >= 0.3 is 0 Å². The summed E-state index contributed by atoms with van der Waals surface area (Å²) in [6.07, 6.45) is 6.20. The molecule has 2 N–H and O–H groups in total. The Morgan fingerprint density at radius 3 is 2.87 bits per heavy atom. The molecule has 0 unspecified atom stereocenters. The van der Waals surface area contributed by atoms with Gasteiger partial charge in [-0.1, -0.05) is 38.0 Å². The van der Waals surface area contributed by atoms with Gasteiger partial charge in [-0.3, -0.25) is 9.39 Å². The SMILES string of the molecule is CCCCCOc1cc(C)ccc1CNC(=NC)NCCc1nnc2ccccn12. The van der Waals surface area contributed by atoms with Gasteiger partial charge < -0.3 is 15.4 Å². The summed E-state index contributed by atoms with van der Waals surface area (Å²) in [5.41, 5.74) is 3.19. The minimum atomic E-state index is 0.650. The predicted molar refractivity (Wildman–Crippen MR) is 121 cm³/mol. The highest BCUT2D eigenvalue weighted by atomic mass is 16.5. The molecule has 3 rings (SSSR count). The first-order valence-corrected chi connectivity index (χ1v) is 10.7. The Morgan fingerprint density at radius 2 is 2.03 bits per heavy atom. The van der Waals surface area contributed by atoms with Gasteiger partial charge in [0.2, 0.25) is 0 Å². The standard InChI is InChI=1S/C23H32N6O/c1-4-5-8-15-30-20-16-18(2)10-11-19(20)17-26-23(24-3)25-13-12-22-28-27-21-9-6-7-14-29(21)22/h6-7,9-11,14,16H,4-5,8,12-13,15,17H2,1-3H3,(H2,24,25,26). The summed E-state index contributed by atoms with van der Waals surface area (Å²) in [6.45, 7) is 6.40. The van der Waals surface area contributed by atoms with E-state index in [1.54, 1.807) is 7.05 Å². The topological polar surface area (TPSA) is 75.8 Å². The van der Waals surface area contributed by atoms with E-state index in [9.17, 15) is 0 Å². The number of hydrogen-bond donors (Lipinski definition) is 2. The maximum atomic E-state index is 6.04. The molecule has 0 bridgehead atoms. The summed E-state index contributed by atoms with van der Waals surface area (Å²) in [4.78, 5) is 4.33. The lowest BCUT2D eigenvalue weighted by molar-refractivity contribution is 0.303. The second-order valence-electron chi connectivity index (χ2n) is 7.31. The minimum absolute atomic E-state index is 0.650. The first kappa shape index (κ1) is 21.6. The summed E-state index contributed by atoms with van der Waals surface area (Å²) in [7, 11) is 1.78. The van der Waals surface area contributed by atoms with Crippen LogP contribution in [0.1, 0.15) is 43.1 Å². The third-order valence-electron chi connectivity index (χ3n) is 4.92. The summed E-state index contributed by atoms with van der Waals surface area (Å²) in [5, 5.41) is 15.2. The molecule has 7 heteroatoms. The number of aryl methyl sites for hydroxylation is 1. The van der Waals surface area contributed by atoms with Crippen molar-refractivity contribution in [1.29, 1.82) is 0 Å². The molecule has 3 aromatic rings. The highest BCUT2D eigenvalue weighted by molar-refractivity contribution is 5.79. The number of hydrogen-bond acceptors (Lipinski definition) is 4. The normalized spacial score (nSPS) is 11.6. The average molecular weight is 409 g/mol. The largest absolute Gasteiger partial charge is 0.493 e. The smallest absolute Gasteiger partial charge is 0.191 e. The number of aromatic nitrogens is 3. The van der Waals surface area contributed by atoms with Crippen LogP contribution in [0.4, 0.5) is 0 Å². The van der Waals surface area contributed by atoms with Crippen molar-refractivity contribution in [3.63, 3.8) is 0 Å². The average Bonchev–Trinajstić information content (AvgIpc) is 3.18. The van der Waals surface area contributed by atoms with Crippen molar-refractivity contribution in [2.75, 3.05) is 20.2 Å². The molecule has 0 spiro atoms. The Labute approximate surface area is 178 Å². The summed E-state index contributed by atoms with van der Waals surface area (Å²) < 4.78 is 8.05. The van der Waals surface area contributed by atoms with E-state index in [4.69, 9.17) is 4.74 Å². The fourth-order valence-corrected chi connectivity index (χ4v) is 3.23. The maximum absolute atomic E-state index is 6.04. The lowest BCUT2D eigenvalue weighted by atomic mass is 10.1. The Morgan fingerprint density at radius 1 is 1.13 bits per heavy atom. The molecule has 0 saturated carbocycles. The van der Waals surface area contributed by atoms with Gasteiger partial charge in [0.15, 0.2) is 11.6 Å². The van der Waals surface area contributed by atoms with E-state index in [2.05, 4.69) is 57.9 Å². The third-order valence-corrected chi connectivity index (χ3v) is 4.92. The van der Waals surface area contributed by atoms with Crippen molar-refractivity contribution in [2.24, 2.45) is 4.99 Å². The Hall–Kier alpha value is -3.09. The number of nitrogens with zero attached hydrogens (tertiary/aromatic N) is 4. The number of nitrogens with one attached hydrogen (secondary N) is 2. The molecule has 0 atom stereocenters. The molecular formula is C23H32N6O. The van der Waals surface area contributed by atoms with Crippen LogP contribution < -0.4 is 15.4 Å². The van der Waals surface area contributed by atoms with E-state index in [0.717, 1.165) is 48.2 Å². The van der Waals surface area contributed by atoms with Crippen LogP contribution in [0.25, 0.3) is 5.65 Å². The van der Waals surface area contributed by atoms with E-state index >= 15 is 0 Å². The number of guanidine groups is 1. The number of aliphatic imine (C=N–C) groups is 1. The second kappa shape index (κ2) is 11.2. The van der Waals surface area contributed by atoms with Crippen LogP contribution >= 0.6 is 0 Å². The van der Waals surface area contributed by atoms with Gasteiger partial charge in [-0.05, 0) is 37.1 Å². The molecule has 30 heavy (non-hydrogen) atoms. The van der Waals surface area contributed by atoms with Gasteiger partial charge in [-0.25, -0.2) is 0 Å². The van der Waals surface area contributed by atoms with Crippen LogP contribution in [-0.4, -0.2) is 40.8 Å². The molecule has 0 aliphatic carbocycles. The molecule has 0 amide bonds. The monoisotopic (exact) mass is 408 g/mol. The van der Waals surface area contributed by atoms with Gasteiger partial charge in [0.1, 0.15) is 11.6 Å². The first-order valence-electron chi connectivity index (χ1n) is 10.7. The molecule has 2 heterocycles. The lowest BCUT2D eigenvalue weighted by Gasteiger charge is -2.15. The minimum Gasteiger partial charge on any atom is -0.493 e. The molecular weight excluding hydrogens is 376 g/mol. The van der Waals surface area contributed by atoms with E-state index in [0.29, 0.717) is 13.1 Å². The molecule has 0 saturated heterocycles. The van der Waals surface area contributed by atoms with Crippen LogP contribution in [0.2, 0.25) is 0 Å². The van der Waals surface area contributed by atoms with E-state index in [1.165, 1.54) is 18.4 Å². The molecule has 160 valence electrons. The van der Waals surface area contributed by atoms with Crippen molar-refractivity contribution >= 4 is 11.6 Å². The molecule has 0 fully saturated rings. The summed E-state index contributed by atoms with van der Waals surface area (Å²) in [5.74, 6) is 2.63. The van der Waals surface area contributed by atoms with Crippen molar-refractivity contribution in [2.45, 2.75) is 46.1 Å². The number of benzene rings is 1. The lowest BCUT2D eigenvalue weighted by Crippen LogP contribution is -2.38. The Bertz CT molecular complexity index is 965. The van der Waals surface area contributed by atoms with Gasteiger partial charge in [0.05, 0.1) is 6.61 Å². The van der Waals surface area contributed by atoms with Crippen LogP contribution in [0.15, 0.2) is 47.6 Å². The molecule has 7 nitrogen and oxygen atoms in total. The Balaban J connectivity index is 1.51. The first-order chi connectivity index (χ1) is 14.7. The molecule has 0 aliphatic rings. The molecule has 2 aromatic heterocycles. The van der Waals surface area contributed by atoms with Gasteiger partial charge in [0.25, 0.3) is 0 Å². The quantitative estimate of drug-likeness (QED) is 0.305. The van der Waals surface area contributed by atoms with Crippen LogP contribution in [0.3, 0.4) is 0 Å². The van der Waals surface area contributed by atoms with Crippen molar-refractivity contribution in [1.82, 2.24) is 25.2 Å². The fourth-order valence-electron chi connectivity index (χ4n) is 3.23.